The highest BCUT2D eigenvalue weighted by Gasteiger charge is 2.43. The van der Waals surface area contributed by atoms with Gasteiger partial charge in [0.25, 0.3) is 0 Å². The monoisotopic (exact) mass is 595 g/mol. The van der Waals surface area contributed by atoms with Crippen molar-refractivity contribution in [1.29, 1.82) is 0 Å². The quantitative estimate of drug-likeness (QED) is 0.278. The summed E-state index contributed by atoms with van der Waals surface area (Å²) in [5.41, 5.74) is 2.00. The zero-order valence-electron chi connectivity index (χ0n) is 22.1. The summed E-state index contributed by atoms with van der Waals surface area (Å²) in [5.74, 6) is -0.340. The van der Waals surface area contributed by atoms with E-state index in [2.05, 4.69) is 62.4 Å². The molecule has 35 heavy (non-hydrogen) atoms. The highest BCUT2D eigenvalue weighted by atomic mass is 127. The second kappa shape index (κ2) is 11.9. The Labute approximate surface area is 225 Å². The normalized spacial score (nSPS) is 22.4. The molecule has 1 saturated heterocycles. The van der Waals surface area contributed by atoms with Crippen LogP contribution in [0.2, 0.25) is 0 Å². The number of aliphatic hydroxyl groups is 1. The summed E-state index contributed by atoms with van der Waals surface area (Å²) in [7, 11) is 1.81. The van der Waals surface area contributed by atoms with Gasteiger partial charge in [-0.1, -0.05) is 75.8 Å². The number of rotatable bonds is 8. The highest BCUT2D eigenvalue weighted by molar-refractivity contribution is 14.1. The molecular formula is C29H42INO4. The second-order valence-corrected chi connectivity index (χ2v) is 12.5. The van der Waals surface area contributed by atoms with Crippen LogP contribution in [0, 0.1) is 17.3 Å². The van der Waals surface area contributed by atoms with Gasteiger partial charge in [0.2, 0.25) is 5.91 Å². The Bertz CT molecular complexity index is 914. The van der Waals surface area contributed by atoms with Crippen molar-refractivity contribution in [1.82, 2.24) is 4.90 Å². The van der Waals surface area contributed by atoms with Crippen molar-refractivity contribution in [3.8, 4) is 0 Å². The molecular weight excluding hydrogens is 553 g/mol. The number of carbonyl (C=O) groups is 1. The summed E-state index contributed by atoms with van der Waals surface area (Å²) in [6, 6.07) is 9.21. The second-order valence-electron chi connectivity index (χ2n) is 11.2. The molecule has 0 unspecified atom stereocenters. The maximum absolute atomic E-state index is 13.8. The van der Waals surface area contributed by atoms with Crippen molar-refractivity contribution < 1.29 is 19.4 Å². The fourth-order valence-corrected chi connectivity index (χ4v) is 4.86. The average Bonchev–Trinajstić information content (AvgIpc) is 2.86. The SMILES string of the molecule is CC(C)/C(I)=C/C[C@H](C(=O)N(C)[C@H](C)[C@H](O)c1ccccc1)C1=CCC2(CC1)OCC(C)(C)CO2. The molecule has 1 N–H and O–H groups in total. The summed E-state index contributed by atoms with van der Waals surface area (Å²) >= 11 is 2.38. The van der Waals surface area contributed by atoms with E-state index in [0.29, 0.717) is 32.0 Å². The molecule has 3 rings (SSSR count). The van der Waals surface area contributed by atoms with Crippen LogP contribution in [0.3, 0.4) is 0 Å². The van der Waals surface area contributed by atoms with Gasteiger partial charge in [0.1, 0.15) is 0 Å². The number of allylic oxidation sites excluding steroid dienone is 2. The molecule has 1 aliphatic carbocycles. The van der Waals surface area contributed by atoms with Crippen molar-refractivity contribution >= 4 is 28.5 Å². The summed E-state index contributed by atoms with van der Waals surface area (Å²) in [4.78, 5) is 15.6. The Morgan fingerprint density at radius 3 is 2.34 bits per heavy atom. The maximum atomic E-state index is 13.8. The Hall–Kier alpha value is -1.22. The lowest BCUT2D eigenvalue weighted by atomic mass is 9.82. The predicted octanol–water partition coefficient (Wildman–Crippen LogP) is 6.43. The number of hydrogen-bond donors (Lipinski definition) is 1. The molecule has 2 aliphatic rings. The average molecular weight is 596 g/mol. The smallest absolute Gasteiger partial charge is 0.230 e. The molecule has 1 aliphatic heterocycles. The molecule has 0 bridgehead atoms. The molecule has 1 fully saturated rings. The number of hydrogen-bond acceptors (Lipinski definition) is 4. The van der Waals surface area contributed by atoms with E-state index >= 15 is 0 Å². The van der Waals surface area contributed by atoms with E-state index in [4.69, 9.17) is 9.47 Å². The van der Waals surface area contributed by atoms with Gasteiger partial charge in [-0.2, -0.15) is 0 Å². The standard InChI is InChI=1S/C29H42INO4/c1-20(2)25(30)13-12-24(22-14-16-29(17-15-22)34-18-28(4,5)19-35-29)27(33)31(6)21(3)26(32)23-10-8-7-9-11-23/h7-11,13-14,20-21,24,26,32H,12,15-19H2,1-6H3/b25-13-/t21-,24+,26+/m1/s1. The van der Waals surface area contributed by atoms with Gasteiger partial charge < -0.3 is 19.5 Å². The van der Waals surface area contributed by atoms with Gasteiger partial charge in [0.05, 0.1) is 31.3 Å². The van der Waals surface area contributed by atoms with Gasteiger partial charge in [0.15, 0.2) is 5.79 Å². The Kier molecular flexibility index (Phi) is 9.63. The lowest BCUT2D eigenvalue weighted by Gasteiger charge is -2.45. The van der Waals surface area contributed by atoms with Crippen LogP contribution < -0.4 is 0 Å². The van der Waals surface area contributed by atoms with Crippen molar-refractivity contribution in [2.75, 3.05) is 20.3 Å². The fourth-order valence-electron chi connectivity index (χ4n) is 4.61. The first-order chi connectivity index (χ1) is 16.4. The lowest BCUT2D eigenvalue weighted by Crippen LogP contribution is -2.49. The third kappa shape index (κ3) is 7.18. The third-order valence-corrected chi connectivity index (χ3v) is 9.01. The number of carbonyl (C=O) groups excluding carboxylic acids is 1. The molecule has 1 heterocycles. The number of aliphatic hydroxyl groups excluding tert-OH is 1. The zero-order valence-corrected chi connectivity index (χ0v) is 24.2. The van der Waals surface area contributed by atoms with E-state index in [0.717, 1.165) is 24.0 Å². The summed E-state index contributed by atoms with van der Waals surface area (Å²) in [6.45, 7) is 11.9. The number of ether oxygens (including phenoxy) is 2. The number of nitrogens with zero attached hydrogens (tertiary/aromatic N) is 1. The molecule has 0 aromatic heterocycles. The first-order valence-electron chi connectivity index (χ1n) is 12.8. The van der Waals surface area contributed by atoms with Crippen molar-refractivity contribution in [3.63, 3.8) is 0 Å². The van der Waals surface area contributed by atoms with Gasteiger partial charge in [-0.15, -0.1) is 0 Å². The number of likely N-dealkylation sites (N-methyl/N-ethyl adjacent to an activating group) is 1. The maximum Gasteiger partial charge on any atom is 0.230 e. The summed E-state index contributed by atoms with van der Waals surface area (Å²) in [6.07, 6.45) is 6.48. The molecule has 0 radical (unpaired) electrons. The van der Waals surface area contributed by atoms with Crippen LogP contribution in [0.15, 0.2) is 51.6 Å². The van der Waals surface area contributed by atoms with Crippen molar-refractivity contribution in [2.45, 2.75) is 78.2 Å². The van der Waals surface area contributed by atoms with E-state index in [1.807, 2.05) is 44.3 Å². The van der Waals surface area contributed by atoms with Crippen LogP contribution in [-0.2, 0) is 14.3 Å². The molecule has 1 aromatic carbocycles. The summed E-state index contributed by atoms with van der Waals surface area (Å²) < 4.78 is 13.7. The van der Waals surface area contributed by atoms with E-state index in [1.54, 1.807) is 4.90 Å². The van der Waals surface area contributed by atoms with Gasteiger partial charge in [0, 0.05) is 25.3 Å². The van der Waals surface area contributed by atoms with Crippen LogP contribution in [0.5, 0.6) is 0 Å². The Morgan fingerprint density at radius 1 is 1.17 bits per heavy atom. The van der Waals surface area contributed by atoms with Gasteiger partial charge >= 0.3 is 0 Å². The molecule has 3 atom stereocenters. The minimum absolute atomic E-state index is 0.0323. The minimum Gasteiger partial charge on any atom is -0.386 e. The van der Waals surface area contributed by atoms with Crippen LogP contribution >= 0.6 is 22.6 Å². The van der Waals surface area contributed by atoms with Crippen LogP contribution in [0.25, 0.3) is 0 Å². The van der Waals surface area contributed by atoms with E-state index in [-0.39, 0.29) is 23.3 Å². The van der Waals surface area contributed by atoms with E-state index in [1.165, 1.54) is 3.58 Å². The van der Waals surface area contributed by atoms with Crippen molar-refractivity contribution in [3.05, 3.63) is 57.2 Å². The molecule has 1 spiro atoms. The highest BCUT2D eigenvalue weighted by Crippen LogP contribution is 2.41. The first kappa shape index (κ1) is 28.4. The van der Waals surface area contributed by atoms with E-state index in [9.17, 15) is 9.90 Å². The zero-order chi connectivity index (χ0) is 25.8. The fraction of sp³-hybridized carbons (Fsp3) is 0.621. The number of amides is 1. The number of halogens is 1. The number of benzene rings is 1. The van der Waals surface area contributed by atoms with Crippen LogP contribution in [0.1, 0.15) is 72.0 Å². The van der Waals surface area contributed by atoms with Crippen LogP contribution in [-0.4, -0.2) is 48.0 Å². The Morgan fingerprint density at radius 2 is 1.80 bits per heavy atom. The first-order valence-corrected chi connectivity index (χ1v) is 13.8. The third-order valence-electron chi connectivity index (χ3n) is 7.32. The molecule has 1 amide bonds. The van der Waals surface area contributed by atoms with Gasteiger partial charge in [-0.25, -0.2) is 0 Å². The lowest BCUT2D eigenvalue weighted by molar-refractivity contribution is -0.301. The largest absolute Gasteiger partial charge is 0.386 e. The predicted molar refractivity (Wildman–Crippen MR) is 149 cm³/mol. The molecule has 0 saturated carbocycles. The van der Waals surface area contributed by atoms with E-state index < -0.39 is 11.9 Å². The molecule has 5 nitrogen and oxygen atoms in total. The summed E-state index contributed by atoms with van der Waals surface area (Å²) in [5, 5.41) is 10.9. The van der Waals surface area contributed by atoms with Gasteiger partial charge in [-0.3, -0.25) is 4.79 Å². The van der Waals surface area contributed by atoms with Crippen LogP contribution in [0.4, 0.5) is 0 Å². The topological polar surface area (TPSA) is 59.0 Å². The van der Waals surface area contributed by atoms with Crippen molar-refractivity contribution in [2.24, 2.45) is 17.3 Å². The van der Waals surface area contributed by atoms with Gasteiger partial charge in [-0.05, 0) is 57.4 Å². The minimum atomic E-state index is -0.742. The molecule has 6 heteroatoms. The Balaban J connectivity index is 1.79. The molecule has 1 aromatic rings. The molecule has 194 valence electrons.